The Labute approximate surface area is 86.4 Å². The van der Waals surface area contributed by atoms with E-state index in [1.807, 2.05) is 0 Å². The monoisotopic (exact) mass is 186 g/mol. The first-order valence-corrected chi connectivity index (χ1v) is 5.94. The van der Waals surface area contributed by atoms with Crippen LogP contribution in [0.2, 0.25) is 0 Å². The van der Waals surface area contributed by atoms with Crippen LogP contribution in [0, 0.1) is 11.8 Å². The second-order valence-corrected chi connectivity index (χ2v) is 4.96. The van der Waals surface area contributed by atoms with Gasteiger partial charge in [-0.15, -0.1) is 0 Å². The highest BCUT2D eigenvalue weighted by Gasteiger charge is 2.31. The summed E-state index contributed by atoms with van der Waals surface area (Å²) < 4.78 is 0. The fraction of sp³-hybridized carbons (Fsp3) is 0.571. The normalized spacial score (nSPS) is 35.4. The van der Waals surface area contributed by atoms with Gasteiger partial charge in [-0.3, -0.25) is 0 Å². The van der Waals surface area contributed by atoms with Crippen molar-refractivity contribution in [2.75, 3.05) is 0 Å². The van der Waals surface area contributed by atoms with Crippen LogP contribution >= 0.6 is 0 Å². The van der Waals surface area contributed by atoms with E-state index in [0.29, 0.717) is 0 Å². The topological polar surface area (TPSA) is 0 Å². The van der Waals surface area contributed by atoms with Crippen LogP contribution < -0.4 is 0 Å². The molecule has 3 aliphatic rings. The molecule has 0 amide bonds. The summed E-state index contributed by atoms with van der Waals surface area (Å²) in [5, 5.41) is 0. The fourth-order valence-electron chi connectivity index (χ4n) is 3.28. The highest BCUT2D eigenvalue weighted by Crippen LogP contribution is 2.46. The van der Waals surface area contributed by atoms with E-state index in [9.17, 15) is 0 Å². The molecular formula is C14H18. The van der Waals surface area contributed by atoms with Crippen molar-refractivity contribution < 1.29 is 0 Å². The second kappa shape index (κ2) is 3.12. The Morgan fingerprint density at radius 3 is 3.14 bits per heavy atom. The molecule has 0 nitrogen and oxygen atoms in total. The molecule has 1 saturated carbocycles. The molecule has 0 heteroatoms. The summed E-state index contributed by atoms with van der Waals surface area (Å²) >= 11 is 0. The SMILES string of the molecule is C[C@H]1CCC2=CCCC3=C2[C@H]1C=CC3. The summed E-state index contributed by atoms with van der Waals surface area (Å²) in [4.78, 5) is 0. The van der Waals surface area contributed by atoms with Crippen molar-refractivity contribution in [3.63, 3.8) is 0 Å². The molecular weight excluding hydrogens is 168 g/mol. The lowest BCUT2D eigenvalue weighted by molar-refractivity contribution is 0.405. The van der Waals surface area contributed by atoms with Gasteiger partial charge in [-0.1, -0.05) is 30.7 Å². The van der Waals surface area contributed by atoms with Gasteiger partial charge in [0, 0.05) is 5.92 Å². The molecule has 0 unspecified atom stereocenters. The van der Waals surface area contributed by atoms with Gasteiger partial charge in [0.05, 0.1) is 0 Å². The molecule has 74 valence electrons. The molecule has 0 bridgehead atoms. The molecule has 3 aliphatic carbocycles. The Kier molecular flexibility index (Phi) is 1.90. The van der Waals surface area contributed by atoms with Gasteiger partial charge in [0.25, 0.3) is 0 Å². The van der Waals surface area contributed by atoms with Gasteiger partial charge in [0.15, 0.2) is 0 Å². The summed E-state index contributed by atoms with van der Waals surface area (Å²) in [6.07, 6.45) is 13.9. The first-order chi connectivity index (χ1) is 6.86. The van der Waals surface area contributed by atoms with Gasteiger partial charge in [0.1, 0.15) is 0 Å². The van der Waals surface area contributed by atoms with E-state index >= 15 is 0 Å². The largest absolute Gasteiger partial charge is 0.0838 e. The van der Waals surface area contributed by atoms with Gasteiger partial charge in [0.2, 0.25) is 0 Å². The van der Waals surface area contributed by atoms with Crippen molar-refractivity contribution >= 4 is 0 Å². The molecule has 0 aromatic heterocycles. The second-order valence-electron chi connectivity index (χ2n) is 4.96. The molecule has 2 atom stereocenters. The Morgan fingerprint density at radius 1 is 1.29 bits per heavy atom. The third-order valence-electron chi connectivity index (χ3n) is 4.09. The summed E-state index contributed by atoms with van der Waals surface area (Å²) in [5.74, 6) is 1.63. The molecule has 0 aliphatic heterocycles. The van der Waals surface area contributed by atoms with Gasteiger partial charge >= 0.3 is 0 Å². The predicted octanol–water partition coefficient (Wildman–Crippen LogP) is 4.01. The minimum absolute atomic E-state index is 0.763. The Morgan fingerprint density at radius 2 is 2.21 bits per heavy atom. The van der Waals surface area contributed by atoms with Crippen molar-refractivity contribution in [2.24, 2.45) is 11.8 Å². The van der Waals surface area contributed by atoms with Gasteiger partial charge in [-0.05, 0) is 49.2 Å². The van der Waals surface area contributed by atoms with Crippen LogP contribution in [-0.2, 0) is 0 Å². The highest BCUT2D eigenvalue weighted by atomic mass is 14.4. The molecule has 0 heterocycles. The van der Waals surface area contributed by atoms with E-state index in [1.54, 1.807) is 16.7 Å². The summed E-state index contributed by atoms with van der Waals surface area (Å²) in [6, 6.07) is 0. The molecule has 14 heavy (non-hydrogen) atoms. The van der Waals surface area contributed by atoms with Crippen LogP contribution in [0.5, 0.6) is 0 Å². The Balaban J connectivity index is 2.07. The maximum atomic E-state index is 2.50. The smallest absolute Gasteiger partial charge is 0.00461 e. The van der Waals surface area contributed by atoms with Gasteiger partial charge < -0.3 is 0 Å². The lowest BCUT2D eigenvalue weighted by atomic mass is 9.67. The zero-order valence-corrected chi connectivity index (χ0v) is 8.92. The molecule has 0 saturated heterocycles. The van der Waals surface area contributed by atoms with Crippen LogP contribution in [0.1, 0.15) is 39.0 Å². The zero-order valence-electron chi connectivity index (χ0n) is 8.92. The van der Waals surface area contributed by atoms with E-state index < -0.39 is 0 Å². The summed E-state index contributed by atoms with van der Waals surface area (Å²) in [6.45, 7) is 2.41. The maximum Gasteiger partial charge on any atom is 0.00461 e. The van der Waals surface area contributed by atoms with Crippen LogP contribution in [0.25, 0.3) is 0 Å². The van der Waals surface area contributed by atoms with Crippen LogP contribution in [0.4, 0.5) is 0 Å². The maximum absolute atomic E-state index is 2.50. The fourth-order valence-corrected chi connectivity index (χ4v) is 3.28. The molecule has 0 spiro atoms. The predicted molar refractivity (Wildman–Crippen MR) is 60.0 cm³/mol. The van der Waals surface area contributed by atoms with Crippen LogP contribution in [0.3, 0.4) is 0 Å². The third-order valence-corrected chi connectivity index (χ3v) is 4.09. The van der Waals surface area contributed by atoms with Crippen molar-refractivity contribution in [1.29, 1.82) is 0 Å². The average Bonchev–Trinajstić information content (AvgIpc) is 2.24. The first kappa shape index (κ1) is 8.52. The average molecular weight is 186 g/mol. The van der Waals surface area contributed by atoms with E-state index in [4.69, 9.17) is 0 Å². The molecule has 1 fully saturated rings. The van der Waals surface area contributed by atoms with Crippen molar-refractivity contribution in [1.82, 2.24) is 0 Å². The van der Waals surface area contributed by atoms with Crippen molar-refractivity contribution in [2.45, 2.75) is 39.0 Å². The number of hydrogen-bond acceptors (Lipinski definition) is 0. The Bertz CT molecular complexity index is 341. The van der Waals surface area contributed by atoms with E-state index in [1.165, 1.54) is 32.1 Å². The summed E-state index contributed by atoms with van der Waals surface area (Å²) in [7, 11) is 0. The van der Waals surface area contributed by atoms with Gasteiger partial charge in [-0.25, -0.2) is 0 Å². The lowest BCUT2D eigenvalue weighted by Crippen LogP contribution is -2.24. The molecule has 0 radical (unpaired) electrons. The summed E-state index contributed by atoms with van der Waals surface area (Å²) in [5.41, 5.74) is 5.19. The molecule has 0 aromatic carbocycles. The van der Waals surface area contributed by atoms with Crippen LogP contribution in [-0.4, -0.2) is 0 Å². The lowest BCUT2D eigenvalue weighted by Gasteiger charge is -2.37. The third kappa shape index (κ3) is 1.13. The van der Waals surface area contributed by atoms with Crippen molar-refractivity contribution in [3.8, 4) is 0 Å². The first-order valence-electron chi connectivity index (χ1n) is 5.94. The quantitative estimate of drug-likeness (QED) is 0.501. The van der Waals surface area contributed by atoms with Crippen molar-refractivity contribution in [3.05, 3.63) is 34.9 Å². The number of allylic oxidation sites excluding steroid dienone is 6. The highest BCUT2D eigenvalue weighted by molar-refractivity contribution is 5.46. The number of hydrogen-bond donors (Lipinski definition) is 0. The van der Waals surface area contributed by atoms with E-state index in [2.05, 4.69) is 25.2 Å². The Hall–Kier alpha value is -0.780. The minimum Gasteiger partial charge on any atom is -0.0838 e. The van der Waals surface area contributed by atoms with E-state index in [-0.39, 0.29) is 0 Å². The standard InChI is InChI=1S/C14H18/c1-10-8-9-12-5-2-4-11-6-3-7-13(10)14(11)12/h3,5,7,10,13H,2,4,6,8-9H2,1H3/t10-,13-/m0/s1. The molecule has 0 aromatic rings. The molecule has 3 rings (SSSR count). The van der Waals surface area contributed by atoms with E-state index in [0.717, 1.165) is 11.8 Å². The molecule has 0 N–H and O–H groups in total. The minimum atomic E-state index is 0.763. The number of rotatable bonds is 0. The van der Waals surface area contributed by atoms with Crippen LogP contribution in [0.15, 0.2) is 34.9 Å². The van der Waals surface area contributed by atoms with Gasteiger partial charge in [-0.2, -0.15) is 0 Å². The zero-order chi connectivity index (χ0) is 9.54.